The van der Waals surface area contributed by atoms with Crippen LogP contribution in [0.4, 0.5) is 0 Å². The van der Waals surface area contributed by atoms with Crippen molar-refractivity contribution < 1.29 is 24.5 Å². The maximum atomic E-state index is 10.0. The van der Waals surface area contributed by atoms with Gasteiger partial charge in [0.25, 0.3) is 6.29 Å². The van der Waals surface area contributed by atoms with Gasteiger partial charge in [-0.1, -0.05) is 0 Å². The van der Waals surface area contributed by atoms with Gasteiger partial charge in [0.15, 0.2) is 0 Å². The van der Waals surface area contributed by atoms with Gasteiger partial charge in [-0.05, 0) is 0 Å². The molecule has 0 heterocycles. The molecule has 0 rings (SSSR count). The number of carbonyl (C=O) groups excluding carboxylic acids is 2. The number of aliphatic hydroxyl groups is 2. The summed E-state index contributed by atoms with van der Waals surface area (Å²) in [5, 5.41) is 16.0. The minimum absolute atomic E-state index is 0.867. The topological polar surface area (TPSA) is 83.8 Å². The molecule has 0 saturated carbocycles. The van der Waals surface area contributed by atoms with Gasteiger partial charge in [0, 0.05) is 6.92 Å². The van der Waals surface area contributed by atoms with Crippen molar-refractivity contribution >= 4 is 11.9 Å². The van der Waals surface area contributed by atoms with Crippen molar-refractivity contribution in [2.45, 2.75) is 13.2 Å². The van der Waals surface area contributed by atoms with E-state index in [4.69, 9.17) is 10.2 Å². The Bertz CT molecular complexity index is 127. The van der Waals surface area contributed by atoms with Gasteiger partial charge in [0.2, 0.25) is 0 Å². The summed E-state index contributed by atoms with van der Waals surface area (Å²) in [5.41, 5.74) is 0. The van der Waals surface area contributed by atoms with Gasteiger partial charge >= 0.3 is 11.9 Å². The average molecular weight is 134 g/mol. The Hall–Kier alpha value is -0.940. The molecule has 0 bridgehead atoms. The third kappa shape index (κ3) is 3.63. The van der Waals surface area contributed by atoms with Crippen LogP contribution in [0, 0.1) is 0 Å². The van der Waals surface area contributed by atoms with Crippen LogP contribution in [0.3, 0.4) is 0 Å². The summed E-state index contributed by atoms with van der Waals surface area (Å²) in [7, 11) is 0. The first kappa shape index (κ1) is 8.06. The largest absolute Gasteiger partial charge is 0.390 e. The first-order chi connectivity index (χ1) is 4.04. The minimum atomic E-state index is -2.23. The third-order valence-corrected chi connectivity index (χ3v) is 0.455. The van der Waals surface area contributed by atoms with E-state index in [0.29, 0.717) is 0 Å². The van der Waals surface area contributed by atoms with Crippen LogP contribution in [0.1, 0.15) is 6.92 Å². The van der Waals surface area contributed by atoms with Crippen LogP contribution in [0.5, 0.6) is 0 Å². The van der Waals surface area contributed by atoms with Crippen molar-refractivity contribution in [1.82, 2.24) is 0 Å². The van der Waals surface area contributed by atoms with E-state index in [-0.39, 0.29) is 0 Å². The van der Waals surface area contributed by atoms with Gasteiger partial charge in [0.1, 0.15) is 0 Å². The molecular weight excluding hydrogens is 128 g/mol. The molecule has 0 aliphatic carbocycles. The Balaban J connectivity index is 3.64. The van der Waals surface area contributed by atoms with E-state index < -0.39 is 18.2 Å². The molecule has 0 fully saturated rings. The monoisotopic (exact) mass is 134 g/mol. The second kappa shape index (κ2) is 3.16. The van der Waals surface area contributed by atoms with E-state index in [1.54, 1.807) is 0 Å². The fraction of sp³-hybridized carbons (Fsp3) is 0.500. The third-order valence-electron chi connectivity index (χ3n) is 0.455. The summed E-state index contributed by atoms with van der Waals surface area (Å²) in [5.74, 6) is -2.23. The Morgan fingerprint density at radius 2 is 1.89 bits per heavy atom. The molecule has 0 aromatic heterocycles. The van der Waals surface area contributed by atoms with Gasteiger partial charge < -0.3 is 14.9 Å². The summed E-state index contributed by atoms with van der Waals surface area (Å²) in [4.78, 5) is 19.9. The molecule has 0 spiro atoms. The summed E-state index contributed by atoms with van der Waals surface area (Å²) in [6.07, 6.45) is -2.23. The lowest BCUT2D eigenvalue weighted by Gasteiger charge is -1.98. The van der Waals surface area contributed by atoms with Crippen LogP contribution >= 0.6 is 0 Å². The summed E-state index contributed by atoms with van der Waals surface area (Å²) >= 11 is 0. The Labute approximate surface area is 50.9 Å². The van der Waals surface area contributed by atoms with Crippen molar-refractivity contribution in [3.05, 3.63) is 0 Å². The van der Waals surface area contributed by atoms with Crippen molar-refractivity contribution in [1.29, 1.82) is 0 Å². The fourth-order valence-corrected chi connectivity index (χ4v) is 0.194. The van der Waals surface area contributed by atoms with Crippen molar-refractivity contribution in [2.24, 2.45) is 0 Å². The van der Waals surface area contributed by atoms with Crippen molar-refractivity contribution in [2.75, 3.05) is 0 Å². The van der Waals surface area contributed by atoms with Crippen LogP contribution in [-0.2, 0) is 14.3 Å². The van der Waals surface area contributed by atoms with Gasteiger partial charge in [-0.15, -0.1) is 0 Å². The average Bonchev–Trinajstić information content (AvgIpc) is 1.63. The van der Waals surface area contributed by atoms with Crippen LogP contribution < -0.4 is 0 Å². The molecule has 0 aromatic carbocycles. The smallest absolute Gasteiger partial charge is 0.370 e. The number of aliphatic hydroxyl groups excluding tert-OH is 1. The highest BCUT2D eigenvalue weighted by Crippen LogP contribution is 1.83. The molecule has 0 aromatic rings. The zero-order valence-corrected chi connectivity index (χ0v) is 4.70. The van der Waals surface area contributed by atoms with E-state index >= 15 is 0 Å². The SMILES string of the molecule is CC(=O)OC(=O)C(O)O. The number of esters is 2. The molecule has 0 atom stereocenters. The number of hydrogen-bond acceptors (Lipinski definition) is 5. The van der Waals surface area contributed by atoms with E-state index in [2.05, 4.69) is 4.74 Å². The number of rotatable bonds is 1. The Morgan fingerprint density at radius 1 is 1.44 bits per heavy atom. The van der Waals surface area contributed by atoms with Crippen molar-refractivity contribution in [3.63, 3.8) is 0 Å². The number of ether oxygens (including phenoxy) is 1. The summed E-state index contributed by atoms with van der Waals surface area (Å²) < 4.78 is 3.73. The molecule has 52 valence electrons. The number of carbonyl (C=O) groups is 2. The first-order valence-electron chi connectivity index (χ1n) is 2.12. The van der Waals surface area contributed by atoms with Crippen LogP contribution in [0.2, 0.25) is 0 Å². The summed E-state index contributed by atoms with van der Waals surface area (Å²) in [6, 6.07) is 0. The van der Waals surface area contributed by atoms with Crippen LogP contribution in [0.15, 0.2) is 0 Å². The highest BCUT2D eigenvalue weighted by molar-refractivity contribution is 5.85. The standard InChI is InChI=1S/C4H6O5/c1-2(5)9-4(8)3(6)7/h3,6-7H,1H3. The van der Waals surface area contributed by atoms with Gasteiger partial charge in [0.05, 0.1) is 0 Å². The second-order valence-corrected chi connectivity index (χ2v) is 1.29. The maximum Gasteiger partial charge on any atom is 0.370 e. The molecule has 0 amide bonds. The normalized spacial score (nSPS) is 9.33. The van der Waals surface area contributed by atoms with E-state index in [0.717, 1.165) is 6.92 Å². The second-order valence-electron chi connectivity index (χ2n) is 1.29. The molecule has 0 unspecified atom stereocenters. The van der Waals surface area contributed by atoms with Crippen LogP contribution in [0.25, 0.3) is 0 Å². The van der Waals surface area contributed by atoms with Gasteiger partial charge in [-0.2, -0.15) is 0 Å². The quantitative estimate of drug-likeness (QED) is 0.256. The molecule has 0 aliphatic rings. The molecule has 9 heavy (non-hydrogen) atoms. The predicted octanol–water partition coefficient (Wildman–Crippen LogP) is -1.61. The predicted molar refractivity (Wildman–Crippen MR) is 25.0 cm³/mol. The molecular formula is C4H6O5. The molecule has 0 radical (unpaired) electrons. The number of hydrogen-bond donors (Lipinski definition) is 2. The van der Waals surface area contributed by atoms with E-state index in [1.165, 1.54) is 0 Å². The Morgan fingerprint density at radius 3 is 2.00 bits per heavy atom. The maximum absolute atomic E-state index is 10.0. The minimum Gasteiger partial charge on any atom is -0.390 e. The fourth-order valence-electron chi connectivity index (χ4n) is 0.194. The van der Waals surface area contributed by atoms with E-state index in [1.807, 2.05) is 0 Å². The van der Waals surface area contributed by atoms with Gasteiger partial charge in [-0.3, -0.25) is 4.79 Å². The lowest BCUT2D eigenvalue weighted by Crippen LogP contribution is -2.23. The molecule has 0 saturated heterocycles. The van der Waals surface area contributed by atoms with Gasteiger partial charge in [-0.25, -0.2) is 4.79 Å². The molecule has 2 N–H and O–H groups in total. The molecule has 5 nitrogen and oxygen atoms in total. The Kier molecular flexibility index (Phi) is 2.83. The lowest BCUT2D eigenvalue weighted by atomic mass is 10.6. The highest BCUT2D eigenvalue weighted by Gasteiger charge is 2.13. The highest BCUT2D eigenvalue weighted by atomic mass is 16.6. The lowest BCUT2D eigenvalue weighted by molar-refractivity contribution is -0.178. The molecule has 0 aliphatic heterocycles. The van der Waals surface area contributed by atoms with E-state index in [9.17, 15) is 9.59 Å². The zero-order chi connectivity index (χ0) is 7.44. The summed E-state index contributed by atoms with van der Waals surface area (Å²) in [6.45, 7) is 0.986. The zero-order valence-electron chi connectivity index (χ0n) is 4.70. The first-order valence-corrected chi connectivity index (χ1v) is 2.12. The van der Waals surface area contributed by atoms with Crippen LogP contribution in [-0.4, -0.2) is 28.4 Å². The molecule has 5 heteroatoms. The van der Waals surface area contributed by atoms with Crippen molar-refractivity contribution in [3.8, 4) is 0 Å².